The number of ether oxygens (including phenoxy) is 1. The number of fused-ring (bicyclic) bond motifs is 2. The summed E-state index contributed by atoms with van der Waals surface area (Å²) in [6.07, 6.45) is 3.66. The maximum absolute atomic E-state index is 12.7. The van der Waals surface area contributed by atoms with Crippen LogP contribution in [-0.2, 0) is 32.4 Å². The fourth-order valence-corrected chi connectivity index (χ4v) is 5.24. The number of aromatic nitrogens is 2. The molecular formula is C26H29ClN4O2. The average Bonchev–Trinajstić information content (AvgIpc) is 3.07. The highest BCUT2D eigenvalue weighted by molar-refractivity contribution is 6.30. The second kappa shape index (κ2) is 9.57. The van der Waals surface area contributed by atoms with Crippen LogP contribution in [0, 0.1) is 0 Å². The van der Waals surface area contributed by atoms with Crippen LogP contribution in [0.3, 0.4) is 0 Å². The van der Waals surface area contributed by atoms with Gasteiger partial charge in [0.15, 0.2) is 5.69 Å². The van der Waals surface area contributed by atoms with Crippen molar-refractivity contribution < 1.29 is 9.53 Å². The zero-order valence-electron chi connectivity index (χ0n) is 18.9. The molecule has 2 heterocycles. The third-order valence-corrected chi connectivity index (χ3v) is 7.00. The van der Waals surface area contributed by atoms with Gasteiger partial charge in [-0.2, -0.15) is 5.10 Å². The zero-order chi connectivity index (χ0) is 22.8. The molecule has 1 aliphatic heterocycles. The third kappa shape index (κ3) is 4.63. The summed E-state index contributed by atoms with van der Waals surface area (Å²) in [7, 11) is 1.67. The summed E-state index contributed by atoms with van der Waals surface area (Å²) in [6.45, 7) is 3.07. The van der Waals surface area contributed by atoms with Gasteiger partial charge in [0.2, 0.25) is 0 Å². The lowest BCUT2D eigenvalue weighted by Gasteiger charge is -2.33. The van der Waals surface area contributed by atoms with Crippen LogP contribution in [0.25, 0.3) is 0 Å². The van der Waals surface area contributed by atoms with Crippen molar-refractivity contribution in [3.05, 3.63) is 81.6 Å². The summed E-state index contributed by atoms with van der Waals surface area (Å²) >= 11 is 6.25. The minimum atomic E-state index is -0.110. The van der Waals surface area contributed by atoms with Gasteiger partial charge in [-0.1, -0.05) is 41.9 Å². The molecule has 7 heteroatoms. The first-order valence-corrected chi connectivity index (χ1v) is 12.0. The van der Waals surface area contributed by atoms with E-state index in [-0.39, 0.29) is 5.91 Å². The molecular weight excluding hydrogens is 436 g/mol. The number of carbonyl (C=O) groups is 1. The van der Waals surface area contributed by atoms with Crippen LogP contribution in [0.5, 0.6) is 5.75 Å². The fourth-order valence-electron chi connectivity index (χ4n) is 5.04. The Morgan fingerprint density at radius 1 is 1.24 bits per heavy atom. The Kier molecular flexibility index (Phi) is 6.38. The van der Waals surface area contributed by atoms with E-state index in [1.165, 1.54) is 11.3 Å². The predicted molar refractivity (Wildman–Crippen MR) is 129 cm³/mol. The van der Waals surface area contributed by atoms with E-state index in [0.717, 1.165) is 67.2 Å². The highest BCUT2D eigenvalue weighted by Gasteiger charge is 2.32. The maximum Gasteiger partial charge on any atom is 0.271 e. The average molecular weight is 465 g/mol. The molecule has 2 aromatic carbocycles. The van der Waals surface area contributed by atoms with Gasteiger partial charge in [-0.05, 0) is 49.4 Å². The van der Waals surface area contributed by atoms with Crippen LogP contribution in [0.2, 0.25) is 5.02 Å². The van der Waals surface area contributed by atoms with Crippen LogP contribution >= 0.6 is 11.6 Å². The zero-order valence-corrected chi connectivity index (χ0v) is 19.6. The Morgan fingerprint density at radius 2 is 2.09 bits per heavy atom. The minimum Gasteiger partial charge on any atom is -0.492 e. The van der Waals surface area contributed by atoms with Crippen molar-refractivity contribution in [3.63, 3.8) is 0 Å². The van der Waals surface area contributed by atoms with Crippen molar-refractivity contribution in [2.75, 3.05) is 20.2 Å². The highest BCUT2D eigenvalue weighted by Crippen LogP contribution is 2.32. The standard InChI is InChI=1S/C26H29ClN4O2/c1-28-26(32)25-22-16-21(30-13-14-33-24-10-7-20(27)15-19(24)17-30)8-9-23(22)31(29-25)12-11-18-5-3-2-4-6-18/h2-7,10,15,21H,8-9,11-14,16-17H2,1H3,(H,28,32). The summed E-state index contributed by atoms with van der Waals surface area (Å²) in [5.74, 6) is 0.805. The molecule has 6 nitrogen and oxygen atoms in total. The van der Waals surface area contributed by atoms with E-state index < -0.39 is 0 Å². The molecule has 1 N–H and O–H groups in total. The van der Waals surface area contributed by atoms with Gasteiger partial charge >= 0.3 is 0 Å². The number of nitrogens with zero attached hydrogens (tertiary/aromatic N) is 3. The number of aryl methyl sites for hydroxylation is 2. The van der Waals surface area contributed by atoms with Crippen LogP contribution in [-0.4, -0.2) is 46.8 Å². The topological polar surface area (TPSA) is 59.4 Å². The molecule has 0 bridgehead atoms. The predicted octanol–water partition coefficient (Wildman–Crippen LogP) is 3.89. The van der Waals surface area contributed by atoms with E-state index in [2.05, 4.69) is 39.2 Å². The van der Waals surface area contributed by atoms with Gasteiger partial charge in [0, 0.05) is 54.6 Å². The van der Waals surface area contributed by atoms with Gasteiger partial charge in [-0.3, -0.25) is 14.4 Å². The number of hydrogen-bond donors (Lipinski definition) is 1. The van der Waals surface area contributed by atoms with Crippen molar-refractivity contribution in [2.24, 2.45) is 0 Å². The van der Waals surface area contributed by atoms with Crippen molar-refractivity contribution >= 4 is 17.5 Å². The summed E-state index contributed by atoms with van der Waals surface area (Å²) < 4.78 is 8.03. The molecule has 1 amide bonds. The maximum atomic E-state index is 12.7. The summed E-state index contributed by atoms with van der Waals surface area (Å²) in [5, 5.41) is 8.27. The molecule has 2 aliphatic rings. The molecule has 3 aromatic rings. The number of benzene rings is 2. The van der Waals surface area contributed by atoms with Gasteiger partial charge in [0.25, 0.3) is 5.91 Å². The van der Waals surface area contributed by atoms with E-state index >= 15 is 0 Å². The van der Waals surface area contributed by atoms with E-state index in [4.69, 9.17) is 21.4 Å². The van der Waals surface area contributed by atoms with Crippen LogP contribution < -0.4 is 10.1 Å². The van der Waals surface area contributed by atoms with E-state index in [1.54, 1.807) is 7.05 Å². The quantitative estimate of drug-likeness (QED) is 0.622. The third-order valence-electron chi connectivity index (χ3n) is 6.77. The second-order valence-electron chi connectivity index (χ2n) is 8.78. The lowest BCUT2D eigenvalue weighted by Crippen LogP contribution is -2.40. The molecule has 1 atom stereocenters. The summed E-state index contributed by atoms with van der Waals surface area (Å²) in [6, 6.07) is 16.6. The highest BCUT2D eigenvalue weighted by atomic mass is 35.5. The van der Waals surface area contributed by atoms with Gasteiger partial charge in [0.05, 0.1) is 0 Å². The van der Waals surface area contributed by atoms with Gasteiger partial charge in [0.1, 0.15) is 12.4 Å². The molecule has 1 aromatic heterocycles. The van der Waals surface area contributed by atoms with Crippen molar-refractivity contribution in [3.8, 4) is 5.75 Å². The van der Waals surface area contributed by atoms with Crippen LogP contribution in [0.4, 0.5) is 0 Å². The van der Waals surface area contributed by atoms with Gasteiger partial charge in [-0.25, -0.2) is 0 Å². The second-order valence-corrected chi connectivity index (χ2v) is 9.22. The summed E-state index contributed by atoms with van der Waals surface area (Å²) in [4.78, 5) is 15.1. The Bertz CT molecular complexity index is 1140. The number of rotatable bonds is 5. The Balaban J connectivity index is 1.38. The van der Waals surface area contributed by atoms with E-state index in [0.29, 0.717) is 18.3 Å². The fraction of sp³-hybridized carbons (Fsp3) is 0.385. The number of nitrogens with one attached hydrogen (secondary N) is 1. The SMILES string of the molecule is CNC(=O)c1nn(CCc2ccccc2)c2c1CC(N1CCOc3ccc(Cl)cc3C1)CC2. The van der Waals surface area contributed by atoms with Gasteiger partial charge in [-0.15, -0.1) is 0 Å². The Hall–Kier alpha value is -2.83. The molecule has 0 saturated heterocycles. The van der Waals surface area contributed by atoms with Crippen molar-refractivity contribution in [2.45, 2.75) is 44.8 Å². The monoisotopic (exact) mass is 464 g/mol. The molecule has 0 fully saturated rings. The first kappa shape index (κ1) is 22.0. The smallest absolute Gasteiger partial charge is 0.271 e. The number of carbonyl (C=O) groups excluding carboxylic acids is 1. The number of amides is 1. The first-order chi connectivity index (χ1) is 16.1. The molecule has 1 unspecified atom stereocenters. The Labute approximate surface area is 199 Å². The molecule has 172 valence electrons. The summed E-state index contributed by atoms with van der Waals surface area (Å²) in [5.41, 5.74) is 5.26. The van der Waals surface area contributed by atoms with Crippen LogP contribution in [0.15, 0.2) is 48.5 Å². The lowest BCUT2D eigenvalue weighted by atomic mass is 9.89. The molecule has 0 spiro atoms. The largest absolute Gasteiger partial charge is 0.492 e. The number of halogens is 1. The molecule has 0 saturated carbocycles. The lowest BCUT2D eigenvalue weighted by molar-refractivity contribution is 0.0955. The van der Waals surface area contributed by atoms with Crippen LogP contribution in [0.1, 0.15) is 39.3 Å². The number of hydrogen-bond acceptors (Lipinski definition) is 4. The molecule has 1 aliphatic carbocycles. The minimum absolute atomic E-state index is 0.110. The molecule has 33 heavy (non-hydrogen) atoms. The molecule has 0 radical (unpaired) electrons. The van der Waals surface area contributed by atoms with Crippen molar-refractivity contribution in [1.82, 2.24) is 20.0 Å². The van der Waals surface area contributed by atoms with Crippen molar-refractivity contribution in [1.29, 1.82) is 0 Å². The molecule has 5 rings (SSSR count). The Morgan fingerprint density at radius 3 is 2.91 bits per heavy atom. The van der Waals surface area contributed by atoms with Gasteiger partial charge < -0.3 is 10.1 Å². The first-order valence-electron chi connectivity index (χ1n) is 11.6. The normalized spacial score (nSPS) is 18.1. The van der Waals surface area contributed by atoms with E-state index in [9.17, 15) is 4.79 Å². The van der Waals surface area contributed by atoms with E-state index in [1.807, 2.05) is 24.3 Å².